The highest BCUT2D eigenvalue weighted by atomic mass is 32.2. The van der Waals surface area contributed by atoms with Crippen LogP contribution in [0.4, 0.5) is 4.39 Å². The van der Waals surface area contributed by atoms with Gasteiger partial charge in [-0.2, -0.15) is 5.10 Å². The second kappa shape index (κ2) is 6.50. The third-order valence-corrected chi connectivity index (χ3v) is 4.73. The van der Waals surface area contributed by atoms with E-state index in [-0.39, 0.29) is 11.7 Å². The first-order valence-electron chi connectivity index (χ1n) is 7.28. The average molecular weight is 329 g/mol. The van der Waals surface area contributed by atoms with Crippen molar-refractivity contribution < 1.29 is 9.18 Å². The van der Waals surface area contributed by atoms with Crippen LogP contribution >= 0.6 is 11.8 Å². The van der Waals surface area contributed by atoms with Crippen LogP contribution in [0.2, 0.25) is 0 Å². The molecule has 6 heteroatoms. The molecule has 0 spiro atoms. The zero-order valence-electron chi connectivity index (χ0n) is 12.7. The Bertz CT molecular complexity index is 763. The van der Waals surface area contributed by atoms with Gasteiger partial charge >= 0.3 is 0 Å². The van der Waals surface area contributed by atoms with Gasteiger partial charge in [-0.1, -0.05) is 30.5 Å². The highest BCUT2D eigenvalue weighted by Gasteiger charge is 2.22. The van der Waals surface area contributed by atoms with Crippen molar-refractivity contribution >= 4 is 34.0 Å². The molecule has 1 amide bonds. The predicted molar refractivity (Wildman–Crippen MR) is 92.6 cm³/mol. The Labute approximate surface area is 138 Å². The van der Waals surface area contributed by atoms with E-state index >= 15 is 0 Å². The molecule has 0 unspecified atom stereocenters. The topological polar surface area (TPSA) is 53.8 Å². The first-order chi connectivity index (χ1) is 11.0. The fourth-order valence-electron chi connectivity index (χ4n) is 2.43. The maximum absolute atomic E-state index is 13.0. The van der Waals surface area contributed by atoms with Gasteiger partial charge in [0, 0.05) is 18.5 Å². The number of halogens is 1. The molecular weight excluding hydrogens is 313 g/mol. The van der Waals surface area contributed by atoms with Crippen LogP contribution in [0.15, 0.2) is 51.5 Å². The van der Waals surface area contributed by atoms with Crippen LogP contribution in [0.5, 0.6) is 0 Å². The SMILES string of the molecule is C=C1CCC(C(=O)N=C2CC(c3ccc(F)cc3)=C(C)S2)=NN1. The molecular formula is C17H16FN3OS. The summed E-state index contributed by atoms with van der Waals surface area (Å²) in [5.41, 5.74) is 6.01. The lowest BCUT2D eigenvalue weighted by atomic mass is 10.0. The molecule has 118 valence electrons. The normalized spacial score (nSPS) is 19.8. The third kappa shape index (κ3) is 3.59. The summed E-state index contributed by atoms with van der Waals surface area (Å²) in [6, 6.07) is 6.38. The van der Waals surface area contributed by atoms with Crippen molar-refractivity contribution in [1.82, 2.24) is 5.43 Å². The number of thioether (sulfide) groups is 1. The molecule has 23 heavy (non-hydrogen) atoms. The lowest BCUT2D eigenvalue weighted by Gasteiger charge is -2.12. The van der Waals surface area contributed by atoms with E-state index in [4.69, 9.17) is 0 Å². The van der Waals surface area contributed by atoms with Crippen molar-refractivity contribution in [2.24, 2.45) is 10.1 Å². The van der Waals surface area contributed by atoms with Gasteiger partial charge in [0.1, 0.15) is 11.5 Å². The van der Waals surface area contributed by atoms with Gasteiger partial charge in [-0.25, -0.2) is 9.38 Å². The van der Waals surface area contributed by atoms with Crippen LogP contribution in [0.3, 0.4) is 0 Å². The molecule has 0 saturated heterocycles. The number of amides is 1. The number of carbonyl (C=O) groups excluding carboxylic acids is 1. The Kier molecular flexibility index (Phi) is 4.43. The van der Waals surface area contributed by atoms with Gasteiger partial charge in [0.15, 0.2) is 0 Å². The molecule has 0 aromatic heterocycles. The number of hydrogen-bond acceptors (Lipinski definition) is 4. The third-order valence-electron chi connectivity index (χ3n) is 3.70. The van der Waals surface area contributed by atoms with Crippen LogP contribution in [0, 0.1) is 5.82 Å². The average Bonchev–Trinajstić information content (AvgIpc) is 2.89. The number of hydrazone groups is 1. The molecule has 0 aliphatic carbocycles. The van der Waals surface area contributed by atoms with Crippen molar-refractivity contribution in [3.05, 3.63) is 52.8 Å². The van der Waals surface area contributed by atoms with E-state index in [0.717, 1.165) is 26.8 Å². The Morgan fingerprint density at radius 3 is 2.74 bits per heavy atom. The molecule has 1 aromatic rings. The molecule has 2 heterocycles. The van der Waals surface area contributed by atoms with E-state index in [1.54, 1.807) is 12.1 Å². The van der Waals surface area contributed by atoms with Crippen molar-refractivity contribution in [2.75, 3.05) is 0 Å². The first kappa shape index (κ1) is 15.7. The number of rotatable bonds is 2. The van der Waals surface area contributed by atoms with Crippen LogP contribution in [0.1, 0.15) is 31.7 Å². The zero-order valence-corrected chi connectivity index (χ0v) is 13.5. The molecule has 0 radical (unpaired) electrons. The van der Waals surface area contributed by atoms with E-state index < -0.39 is 0 Å². The Balaban J connectivity index is 1.74. The van der Waals surface area contributed by atoms with Crippen molar-refractivity contribution in [2.45, 2.75) is 26.2 Å². The lowest BCUT2D eigenvalue weighted by molar-refractivity contribution is -0.111. The quantitative estimate of drug-likeness (QED) is 0.896. The van der Waals surface area contributed by atoms with Gasteiger partial charge in [-0.05, 0) is 41.5 Å². The number of hydrogen-bond donors (Lipinski definition) is 1. The molecule has 2 aliphatic heterocycles. The highest BCUT2D eigenvalue weighted by molar-refractivity contribution is 8.17. The molecule has 0 saturated carbocycles. The minimum Gasteiger partial charge on any atom is -0.283 e. The molecule has 1 N–H and O–H groups in total. The number of carbonyl (C=O) groups is 1. The number of nitrogens with zero attached hydrogens (tertiary/aromatic N) is 2. The molecule has 3 rings (SSSR count). The van der Waals surface area contributed by atoms with Gasteiger partial charge in [-0.15, -0.1) is 0 Å². The summed E-state index contributed by atoms with van der Waals surface area (Å²) in [4.78, 5) is 17.5. The maximum atomic E-state index is 13.0. The van der Waals surface area contributed by atoms with Gasteiger partial charge < -0.3 is 0 Å². The highest BCUT2D eigenvalue weighted by Crippen LogP contribution is 2.39. The second-order valence-electron chi connectivity index (χ2n) is 5.41. The van der Waals surface area contributed by atoms with Gasteiger partial charge in [0.05, 0.1) is 5.04 Å². The summed E-state index contributed by atoms with van der Waals surface area (Å²) in [7, 11) is 0. The standard InChI is InChI=1S/C17H16FN3OS/c1-10-3-8-15(21-20-10)17(22)19-16-9-14(11(2)23-16)12-4-6-13(18)7-5-12/h4-7,20H,1,3,8-9H2,2H3. The van der Waals surface area contributed by atoms with E-state index in [2.05, 4.69) is 22.1 Å². The summed E-state index contributed by atoms with van der Waals surface area (Å²) >= 11 is 1.49. The van der Waals surface area contributed by atoms with Crippen LogP contribution in [-0.4, -0.2) is 16.7 Å². The van der Waals surface area contributed by atoms with E-state index in [9.17, 15) is 9.18 Å². The largest absolute Gasteiger partial charge is 0.293 e. The van der Waals surface area contributed by atoms with Gasteiger partial charge in [0.25, 0.3) is 5.91 Å². The molecule has 1 aromatic carbocycles. The monoisotopic (exact) mass is 329 g/mol. The fraction of sp³-hybridized carbons (Fsp3) is 0.235. The Hall–Kier alpha value is -2.21. The Morgan fingerprint density at radius 1 is 1.35 bits per heavy atom. The summed E-state index contributed by atoms with van der Waals surface area (Å²) in [5, 5.41) is 4.75. The molecule has 0 fully saturated rings. The minimum absolute atomic E-state index is 0.258. The van der Waals surface area contributed by atoms with Gasteiger partial charge in [0.2, 0.25) is 0 Å². The van der Waals surface area contributed by atoms with Gasteiger partial charge in [-0.3, -0.25) is 10.2 Å². The van der Waals surface area contributed by atoms with Crippen molar-refractivity contribution in [3.63, 3.8) is 0 Å². The zero-order chi connectivity index (χ0) is 16.4. The maximum Gasteiger partial charge on any atom is 0.293 e. The van der Waals surface area contributed by atoms with Crippen LogP contribution < -0.4 is 5.43 Å². The van der Waals surface area contributed by atoms with E-state index in [1.165, 1.54) is 23.9 Å². The summed E-state index contributed by atoms with van der Waals surface area (Å²) in [5.74, 6) is -0.563. The minimum atomic E-state index is -0.305. The number of aliphatic imine (C=N–C) groups is 1. The number of benzene rings is 1. The summed E-state index contributed by atoms with van der Waals surface area (Å²) in [6.07, 6.45) is 1.84. The summed E-state index contributed by atoms with van der Waals surface area (Å²) in [6.45, 7) is 5.75. The number of nitrogens with one attached hydrogen (secondary N) is 1. The summed E-state index contributed by atoms with van der Waals surface area (Å²) < 4.78 is 13.0. The van der Waals surface area contributed by atoms with Crippen LogP contribution in [-0.2, 0) is 4.79 Å². The lowest BCUT2D eigenvalue weighted by Crippen LogP contribution is -2.23. The molecule has 4 nitrogen and oxygen atoms in total. The van der Waals surface area contributed by atoms with Crippen LogP contribution in [0.25, 0.3) is 5.57 Å². The molecule has 0 bridgehead atoms. The first-order valence-corrected chi connectivity index (χ1v) is 8.10. The Morgan fingerprint density at radius 2 is 2.09 bits per heavy atom. The van der Waals surface area contributed by atoms with E-state index in [0.29, 0.717) is 25.0 Å². The van der Waals surface area contributed by atoms with Crippen molar-refractivity contribution in [3.8, 4) is 0 Å². The number of allylic oxidation sites excluding steroid dienone is 3. The predicted octanol–water partition coefficient (Wildman–Crippen LogP) is 3.87. The smallest absolute Gasteiger partial charge is 0.283 e. The fourth-order valence-corrected chi connectivity index (χ4v) is 3.44. The second-order valence-corrected chi connectivity index (χ2v) is 6.69. The molecule has 0 atom stereocenters. The van der Waals surface area contributed by atoms with Crippen molar-refractivity contribution in [1.29, 1.82) is 0 Å². The van der Waals surface area contributed by atoms with E-state index in [1.807, 2.05) is 6.92 Å². The molecule has 2 aliphatic rings.